The molecule has 2 heterocycles. The average Bonchev–Trinajstić information content (AvgIpc) is 3.04. The number of aromatic nitrogens is 2. The molecule has 0 spiro atoms. The fourth-order valence-corrected chi connectivity index (χ4v) is 4.24. The second kappa shape index (κ2) is 4.84. The van der Waals surface area contributed by atoms with Crippen molar-refractivity contribution < 1.29 is 13.2 Å². The van der Waals surface area contributed by atoms with Gasteiger partial charge in [-0.25, -0.2) is 4.98 Å². The Balaban J connectivity index is 1.87. The lowest BCUT2D eigenvalue weighted by Crippen LogP contribution is -2.07. The van der Waals surface area contributed by atoms with E-state index in [9.17, 15) is 13.2 Å². The van der Waals surface area contributed by atoms with Crippen molar-refractivity contribution in [3.05, 3.63) is 46.6 Å². The van der Waals surface area contributed by atoms with Crippen LogP contribution in [0.5, 0.6) is 0 Å². The number of hydrogen-bond donors (Lipinski definition) is 0. The average molecular weight is 322 g/mol. The number of halogens is 3. The van der Waals surface area contributed by atoms with E-state index in [1.807, 2.05) is 4.40 Å². The molecule has 1 aliphatic rings. The van der Waals surface area contributed by atoms with Gasteiger partial charge < -0.3 is 0 Å². The van der Waals surface area contributed by atoms with Crippen molar-refractivity contribution in [3.63, 3.8) is 0 Å². The van der Waals surface area contributed by atoms with E-state index in [4.69, 9.17) is 0 Å². The van der Waals surface area contributed by atoms with Crippen LogP contribution in [0.25, 0.3) is 16.2 Å². The lowest BCUT2D eigenvalue weighted by Gasteiger charge is -2.11. The van der Waals surface area contributed by atoms with E-state index in [-0.39, 0.29) is 5.56 Å². The maximum absolute atomic E-state index is 13.2. The van der Waals surface area contributed by atoms with Crippen LogP contribution in [0.1, 0.15) is 29.0 Å². The lowest BCUT2D eigenvalue weighted by molar-refractivity contribution is -0.137. The summed E-state index contributed by atoms with van der Waals surface area (Å²) in [4.78, 5) is 6.56. The van der Waals surface area contributed by atoms with Gasteiger partial charge in [0.25, 0.3) is 0 Å². The van der Waals surface area contributed by atoms with Crippen LogP contribution >= 0.6 is 11.3 Å². The predicted octanol–water partition coefficient (Wildman–Crippen LogP) is 4.96. The predicted molar refractivity (Wildman–Crippen MR) is 80.1 cm³/mol. The van der Waals surface area contributed by atoms with Gasteiger partial charge in [0.15, 0.2) is 4.96 Å². The number of thiazole rings is 1. The smallest absolute Gasteiger partial charge is 0.294 e. The third-order valence-corrected chi connectivity index (χ3v) is 5.23. The summed E-state index contributed by atoms with van der Waals surface area (Å²) >= 11 is 1.60. The lowest BCUT2D eigenvalue weighted by atomic mass is 10.0. The number of aryl methyl sites for hydroxylation is 2. The van der Waals surface area contributed by atoms with E-state index >= 15 is 0 Å². The number of alkyl halides is 3. The van der Waals surface area contributed by atoms with E-state index in [0.717, 1.165) is 30.3 Å². The van der Waals surface area contributed by atoms with E-state index < -0.39 is 11.7 Å². The van der Waals surface area contributed by atoms with Gasteiger partial charge in [-0.1, -0.05) is 18.2 Å². The summed E-state index contributed by atoms with van der Waals surface area (Å²) in [5.41, 5.74) is 1.13. The summed E-state index contributed by atoms with van der Waals surface area (Å²) in [5, 5.41) is 0. The molecule has 0 amide bonds. The van der Waals surface area contributed by atoms with Gasteiger partial charge in [-0.05, 0) is 31.7 Å². The summed E-state index contributed by atoms with van der Waals surface area (Å²) in [7, 11) is 0. The van der Waals surface area contributed by atoms with Gasteiger partial charge in [0.05, 0.1) is 11.3 Å². The molecule has 3 aromatic rings. The van der Waals surface area contributed by atoms with Gasteiger partial charge >= 0.3 is 6.18 Å². The number of rotatable bonds is 1. The number of benzene rings is 1. The molecule has 0 aliphatic heterocycles. The SMILES string of the molecule is FC(F)(F)c1ccccc1-c1cn2c3c(sc2n1)CCCC3. The molecule has 0 saturated carbocycles. The van der Waals surface area contributed by atoms with Crippen LogP contribution in [0.4, 0.5) is 13.2 Å². The first-order chi connectivity index (χ1) is 10.5. The molecule has 6 heteroatoms. The van der Waals surface area contributed by atoms with Crippen molar-refractivity contribution in [2.45, 2.75) is 31.9 Å². The highest BCUT2D eigenvalue weighted by Crippen LogP contribution is 2.38. The number of fused-ring (bicyclic) bond motifs is 3. The molecule has 0 atom stereocenters. The summed E-state index contributed by atoms with van der Waals surface area (Å²) in [6.07, 6.45) is 1.73. The highest BCUT2D eigenvalue weighted by molar-refractivity contribution is 7.17. The minimum Gasteiger partial charge on any atom is -0.294 e. The first-order valence-corrected chi connectivity index (χ1v) is 8.02. The van der Waals surface area contributed by atoms with Crippen LogP contribution < -0.4 is 0 Å². The van der Waals surface area contributed by atoms with Crippen LogP contribution in [0.2, 0.25) is 0 Å². The van der Waals surface area contributed by atoms with Gasteiger partial charge in [0.1, 0.15) is 0 Å². The molecular formula is C16H13F3N2S. The zero-order chi connectivity index (χ0) is 15.3. The molecule has 0 fully saturated rings. The van der Waals surface area contributed by atoms with Gasteiger partial charge in [-0.3, -0.25) is 4.40 Å². The number of hydrogen-bond acceptors (Lipinski definition) is 2. The fraction of sp³-hybridized carbons (Fsp3) is 0.312. The maximum Gasteiger partial charge on any atom is 0.417 e. The monoisotopic (exact) mass is 322 g/mol. The van der Waals surface area contributed by atoms with Crippen molar-refractivity contribution in [3.8, 4) is 11.3 Å². The molecule has 1 aromatic carbocycles. The Bertz CT molecular complexity index is 845. The van der Waals surface area contributed by atoms with Crippen LogP contribution in [0.3, 0.4) is 0 Å². The Labute approximate surface area is 129 Å². The maximum atomic E-state index is 13.2. The van der Waals surface area contributed by atoms with E-state index in [2.05, 4.69) is 4.98 Å². The summed E-state index contributed by atoms with van der Waals surface area (Å²) < 4.78 is 41.4. The zero-order valence-electron chi connectivity index (χ0n) is 11.7. The van der Waals surface area contributed by atoms with Gasteiger partial charge in [0.2, 0.25) is 0 Å². The highest BCUT2D eigenvalue weighted by atomic mass is 32.1. The Morgan fingerprint density at radius 2 is 1.86 bits per heavy atom. The molecule has 2 aromatic heterocycles. The Kier molecular flexibility index (Phi) is 3.04. The molecule has 1 aliphatic carbocycles. The largest absolute Gasteiger partial charge is 0.417 e. The second-order valence-corrected chi connectivity index (χ2v) is 6.56. The summed E-state index contributed by atoms with van der Waals surface area (Å²) in [6, 6.07) is 5.63. The molecule has 2 nitrogen and oxygen atoms in total. The Morgan fingerprint density at radius 1 is 1.09 bits per heavy atom. The van der Waals surface area contributed by atoms with E-state index in [0.29, 0.717) is 5.69 Å². The van der Waals surface area contributed by atoms with Crippen LogP contribution in [0.15, 0.2) is 30.5 Å². The normalized spacial score (nSPS) is 15.2. The van der Waals surface area contributed by atoms with E-state index in [1.54, 1.807) is 23.6 Å². The third kappa shape index (κ3) is 2.13. The van der Waals surface area contributed by atoms with Crippen molar-refractivity contribution in [1.82, 2.24) is 9.38 Å². The Hall–Kier alpha value is -1.82. The molecule has 0 radical (unpaired) electrons. The standard InChI is InChI=1S/C16H13F3N2S/c17-16(18,19)11-6-2-1-5-10(11)12-9-21-13-7-3-4-8-14(13)22-15(21)20-12/h1-2,5-6,9H,3-4,7-8H2. The van der Waals surface area contributed by atoms with Crippen molar-refractivity contribution in [2.75, 3.05) is 0 Å². The van der Waals surface area contributed by atoms with Crippen LogP contribution in [-0.2, 0) is 19.0 Å². The molecule has 114 valence electrons. The molecule has 0 saturated heterocycles. The van der Waals surface area contributed by atoms with Crippen LogP contribution in [0, 0.1) is 0 Å². The molecule has 0 unspecified atom stereocenters. The minimum atomic E-state index is -4.37. The van der Waals surface area contributed by atoms with Gasteiger partial charge in [-0.2, -0.15) is 13.2 Å². The van der Waals surface area contributed by atoms with Crippen LogP contribution in [-0.4, -0.2) is 9.38 Å². The van der Waals surface area contributed by atoms with E-state index in [1.165, 1.54) is 29.1 Å². The van der Waals surface area contributed by atoms with Crippen molar-refractivity contribution in [2.24, 2.45) is 0 Å². The number of imidazole rings is 1. The van der Waals surface area contributed by atoms with Gasteiger partial charge in [-0.15, -0.1) is 11.3 Å². The number of nitrogens with zero attached hydrogens (tertiary/aromatic N) is 2. The molecular weight excluding hydrogens is 309 g/mol. The summed E-state index contributed by atoms with van der Waals surface area (Å²) in [5.74, 6) is 0. The van der Waals surface area contributed by atoms with Crippen molar-refractivity contribution in [1.29, 1.82) is 0 Å². The topological polar surface area (TPSA) is 17.3 Å². The quantitative estimate of drug-likeness (QED) is 0.619. The minimum absolute atomic E-state index is 0.149. The molecule has 0 bridgehead atoms. The zero-order valence-corrected chi connectivity index (χ0v) is 12.5. The second-order valence-electron chi connectivity index (χ2n) is 5.50. The first kappa shape index (κ1) is 13.8. The first-order valence-electron chi connectivity index (χ1n) is 7.20. The molecule has 4 rings (SSSR count). The summed E-state index contributed by atoms with van der Waals surface area (Å²) in [6.45, 7) is 0. The molecule has 22 heavy (non-hydrogen) atoms. The van der Waals surface area contributed by atoms with Crippen molar-refractivity contribution >= 4 is 16.3 Å². The van der Waals surface area contributed by atoms with Gasteiger partial charge in [0, 0.05) is 22.3 Å². The molecule has 0 N–H and O–H groups in total. The third-order valence-electron chi connectivity index (χ3n) is 4.08. The Morgan fingerprint density at radius 3 is 2.68 bits per heavy atom. The fourth-order valence-electron chi connectivity index (χ4n) is 3.05. The highest BCUT2D eigenvalue weighted by Gasteiger charge is 2.34.